The van der Waals surface area contributed by atoms with Gasteiger partial charge in [-0.15, -0.1) is 0 Å². The summed E-state index contributed by atoms with van der Waals surface area (Å²) in [5, 5.41) is 17.6. The van der Waals surface area contributed by atoms with E-state index in [4.69, 9.17) is 24.4 Å². The molecule has 2 heterocycles. The Kier molecular flexibility index (Phi) is 2.39. The average molecular weight is 188 g/mol. The molecule has 2 fully saturated rings. The van der Waals surface area contributed by atoms with Crippen LogP contribution in [0.3, 0.4) is 0 Å². The third kappa shape index (κ3) is 2.33. The average Bonchev–Trinajstić information content (AvgIpc) is 2.96. The second-order valence-electron chi connectivity index (χ2n) is 3.07. The molecule has 0 aromatic carbocycles. The van der Waals surface area contributed by atoms with Gasteiger partial charge in [0.05, 0.1) is 19.8 Å². The first-order chi connectivity index (χ1) is 6.31. The molecule has 74 valence electrons. The molecular weight excluding hydrogens is 176 g/mol. The Morgan fingerprint density at radius 1 is 1.54 bits per heavy atom. The number of rotatable bonds is 5. The zero-order chi connectivity index (χ0) is 9.26. The highest BCUT2D eigenvalue weighted by molar-refractivity contribution is 5.17. The Morgan fingerprint density at radius 2 is 2.31 bits per heavy atom. The molecule has 0 bridgehead atoms. The molecule has 5 heteroatoms. The van der Waals surface area contributed by atoms with Gasteiger partial charge >= 0.3 is 0 Å². The van der Waals surface area contributed by atoms with E-state index in [1.807, 2.05) is 0 Å². The molecule has 0 amide bonds. The van der Waals surface area contributed by atoms with Crippen LogP contribution in [0, 0.1) is 0 Å². The van der Waals surface area contributed by atoms with E-state index in [0.717, 1.165) is 6.61 Å². The van der Waals surface area contributed by atoms with E-state index in [9.17, 15) is 0 Å². The van der Waals surface area contributed by atoms with Crippen LogP contribution in [0.2, 0.25) is 0 Å². The lowest BCUT2D eigenvalue weighted by Crippen LogP contribution is -2.07. The van der Waals surface area contributed by atoms with Crippen molar-refractivity contribution in [2.45, 2.75) is 12.2 Å². The molecule has 2 rings (SSSR count). The normalized spacial score (nSPS) is 33.9. The van der Waals surface area contributed by atoms with Gasteiger partial charge in [-0.1, -0.05) is 0 Å². The van der Waals surface area contributed by atoms with Crippen molar-refractivity contribution in [3.63, 3.8) is 0 Å². The van der Waals surface area contributed by atoms with Crippen molar-refractivity contribution < 1.29 is 24.4 Å². The van der Waals surface area contributed by atoms with Crippen molar-refractivity contribution in [3.8, 4) is 0 Å². The van der Waals surface area contributed by atoms with Crippen LogP contribution < -0.4 is 0 Å². The van der Waals surface area contributed by atoms with E-state index in [-0.39, 0.29) is 24.6 Å². The molecule has 2 aliphatic rings. The minimum atomic E-state index is -0.377. The lowest BCUT2D eigenvalue weighted by Gasteiger charge is -1.95. The van der Waals surface area contributed by atoms with Crippen LogP contribution in [-0.2, 0) is 14.2 Å². The van der Waals surface area contributed by atoms with Crippen molar-refractivity contribution in [1.82, 2.24) is 0 Å². The third-order valence-electron chi connectivity index (χ3n) is 1.91. The van der Waals surface area contributed by atoms with Gasteiger partial charge in [-0.05, 0) is 0 Å². The van der Waals surface area contributed by atoms with Gasteiger partial charge in [0, 0.05) is 0 Å². The summed E-state index contributed by atoms with van der Waals surface area (Å²) in [4.78, 5) is 0. The monoisotopic (exact) mass is 188 g/mol. The third-order valence-corrected chi connectivity index (χ3v) is 1.91. The van der Waals surface area contributed by atoms with Crippen molar-refractivity contribution >= 4 is 0 Å². The smallest absolute Gasteiger partial charge is 0.182 e. The summed E-state index contributed by atoms with van der Waals surface area (Å²) >= 11 is 0. The van der Waals surface area contributed by atoms with Gasteiger partial charge in [-0.3, -0.25) is 0 Å². The predicted molar refractivity (Wildman–Crippen MR) is 42.2 cm³/mol. The number of epoxide rings is 2. The summed E-state index contributed by atoms with van der Waals surface area (Å²) in [5.74, 6) is 0.343. The number of aliphatic hydroxyl groups is 2. The summed E-state index contributed by atoms with van der Waals surface area (Å²) in [6.07, 6.45) is 0.0727. The summed E-state index contributed by atoms with van der Waals surface area (Å²) in [6, 6.07) is 0. The van der Waals surface area contributed by atoms with Crippen molar-refractivity contribution in [3.05, 3.63) is 11.5 Å². The zero-order valence-corrected chi connectivity index (χ0v) is 7.10. The summed E-state index contributed by atoms with van der Waals surface area (Å²) < 4.78 is 15.1. The zero-order valence-electron chi connectivity index (χ0n) is 7.10. The Hall–Kier alpha value is -0.780. The van der Waals surface area contributed by atoms with Crippen LogP contribution in [-0.4, -0.2) is 48.8 Å². The quantitative estimate of drug-likeness (QED) is 0.452. The molecule has 0 spiro atoms. The molecule has 0 aliphatic carbocycles. The van der Waals surface area contributed by atoms with Crippen molar-refractivity contribution in [1.29, 1.82) is 0 Å². The minimum absolute atomic E-state index is 0.101. The van der Waals surface area contributed by atoms with E-state index < -0.39 is 0 Å². The fraction of sp³-hybridized carbons (Fsp3) is 0.750. The standard InChI is InChI=1S/C8H12O5/c9-1-6(10)8-7(13-8)4-11-2-5-3-12-5/h5,7,9-10H,1-4H2/b8-6+. The highest BCUT2D eigenvalue weighted by Gasteiger charge is 2.37. The molecule has 5 nitrogen and oxygen atoms in total. The van der Waals surface area contributed by atoms with E-state index in [0.29, 0.717) is 19.0 Å². The van der Waals surface area contributed by atoms with Crippen LogP contribution in [0.5, 0.6) is 0 Å². The second-order valence-corrected chi connectivity index (χ2v) is 3.07. The first-order valence-electron chi connectivity index (χ1n) is 4.20. The molecular formula is C8H12O5. The topological polar surface area (TPSA) is 74.8 Å². The first kappa shape index (κ1) is 8.80. The molecule has 0 aromatic rings. The minimum Gasteiger partial charge on any atom is -0.506 e. The maximum absolute atomic E-state index is 9.01. The highest BCUT2D eigenvalue weighted by Crippen LogP contribution is 2.29. The number of aliphatic hydroxyl groups excluding tert-OH is 2. The molecule has 2 unspecified atom stereocenters. The second kappa shape index (κ2) is 3.53. The molecule has 2 N–H and O–H groups in total. The molecule has 2 aliphatic heterocycles. The van der Waals surface area contributed by atoms with Gasteiger partial charge < -0.3 is 24.4 Å². The summed E-state index contributed by atoms with van der Waals surface area (Å²) in [6.45, 7) is 1.39. The van der Waals surface area contributed by atoms with E-state index in [1.54, 1.807) is 0 Å². The summed E-state index contributed by atoms with van der Waals surface area (Å²) in [7, 11) is 0. The lowest BCUT2D eigenvalue weighted by atomic mass is 10.4. The first-order valence-corrected chi connectivity index (χ1v) is 4.20. The van der Waals surface area contributed by atoms with Gasteiger partial charge in [-0.2, -0.15) is 0 Å². The van der Waals surface area contributed by atoms with Gasteiger partial charge in [0.2, 0.25) is 0 Å². The molecule has 2 saturated heterocycles. The van der Waals surface area contributed by atoms with Gasteiger partial charge in [0.1, 0.15) is 12.7 Å². The fourth-order valence-corrected chi connectivity index (χ4v) is 1.03. The largest absolute Gasteiger partial charge is 0.506 e. The highest BCUT2D eigenvalue weighted by atomic mass is 16.6. The van der Waals surface area contributed by atoms with Crippen LogP contribution >= 0.6 is 0 Å². The Morgan fingerprint density at radius 3 is 2.92 bits per heavy atom. The van der Waals surface area contributed by atoms with Gasteiger partial charge in [0.15, 0.2) is 17.6 Å². The maximum Gasteiger partial charge on any atom is 0.182 e. The lowest BCUT2D eigenvalue weighted by molar-refractivity contribution is 0.102. The number of hydrogen-bond acceptors (Lipinski definition) is 5. The van der Waals surface area contributed by atoms with Crippen LogP contribution in [0.25, 0.3) is 0 Å². The number of ether oxygens (including phenoxy) is 3. The summed E-state index contributed by atoms with van der Waals surface area (Å²) in [5.41, 5.74) is 0. The molecule has 2 atom stereocenters. The van der Waals surface area contributed by atoms with Crippen molar-refractivity contribution in [2.24, 2.45) is 0 Å². The maximum atomic E-state index is 9.01. The Bertz CT molecular complexity index is 221. The molecule has 0 saturated carbocycles. The van der Waals surface area contributed by atoms with Gasteiger partial charge in [0.25, 0.3) is 0 Å². The van der Waals surface area contributed by atoms with E-state index in [2.05, 4.69) is 0 Å². The molecule has 0 radical (unpaired) electrons. The Balaban J connectivity index is 1.62. The molecule has 13 heavy (non-hydrogen) atoms. The van der Waals surface area contributed by atoms with Gasteiger partial charge in [-0.25, -0.2) is 0 Å². The molecule has 0 aromatic heterocycles. The Labute approximate surface area is 75.5 Å². The van der Waals surface area contributed by atoms with E-state index in [1.165, 1.54) is 0 Å². The number of hydrogen-bond donors (Lipinski definition) is 2. The van der Waals surface area contributed by atoms with Crippen LogP contribution in [0.1, 0.15) is 0 Å². The van der Waals surface area contributed by atoms with Crippen LogP contribution in [0.4, 0.5) is 0 Å². The fourth-order valence-electron chi connectivity index (χ4n) is 1.03. The van der Waals surface area contributed by atoms with Crippen LogP contribution in [0.15, 0.2) is 11.5 Å². The van der Waals surface area contributed by atoms with E-state index >= 15 is 0 Å². The predicted octanol–water partition coefficient (Wildman–Crippen LogP) is -0.438. The SMILES string of the molecule is OC/C(O)=C1\OC1COCC1CO1. The van der Waals surface area contributed by atoms with Crippen molar-refractivity contribution in [2.75, 3.05) is 26.4 Å².